The lowest BCUT2D eigenvalue weighted by Crippen LogP contribution is -2.10. The summed E-state index contributed by atoms with van der Waals surface area (Å²) in [6.07, 6.45) is 0. The van der Waals surface area contributed by atoms with Crippen molar-refractivity contribution in [1.29, 1.82) is 15.8 Å². The molecule has 7 nitrogen and oxygen atoms in total. The number of allylic oxidation sites excluding steroid dienone is 2. The van der Waals surface area contributed by atoms with E-state index in [1.165, 1.54) is 31.4 Å². The Labute approximate surface area is 127 Å². The summed E-state index contributed by atoms with van der Waals surface area (Å²) in [7, 11) is 1.51. The van der Waals surface area contributed by atoms with Crippen molar-refractivity contribution in [3.05, 3.63) is 41.1 Å². The highest BCUT2D eigenvalue weighted by Crippen LogP contribution is 2.14. The molecule has 0 unspecified atom stereocenters. The number of nitrogens with zero attached hydrogens (tertiary/aromatic N) is 3. The summed E-state index contributed by atoms with van der Waals surface area (Å²) < 4.78 is 9.72. The molecule has 0 aromatic heterocycles. The number of anilines is 1. The van der Waals surface area contributed by atoms with Crippen molar-refractivity contribution in [3.8, 4) is 18.2 Å². The summed E-state index contributed by atoms with van der Waals surface area (Å²) in [4.78, 5) is 11.7. The minimum atomic E-state index is -0.491. The van der Waals surface area contributed by atoms with Crippen molar-refractivity contribution in [2.24, 2.45) is 0 Å². The first kappa shape index (κ1) is 16.7. The number of carbonyl (C=O) groups is 1. The monoisotopic (exact) mass is 296 g/mol. The second-order valence-corrected chi connectivity index (χ2v) is 3.92. The fraction of sp³-hybridized carbons (Fsp3) is 0.200. The van der Waals surface area contributed by atoms with E-state index in [0.29, 0.717) is 17.9 Å². The van der Waals surface area contributed by atoms with Crippen LogP contribution < -0.4 is 5.32 Å². The minimum absolute atomic E-state index is 0.152. The molecule has 7 heteroatoms. The normalized spacial score (nSPS) is 8.82. The highest BCUT2D eigenvalue weighted by atomic mass is 16.6. The number of rotatable bonds is 6. The average Bonchev–Trinajstić information content (AvgIpc) is 2.55. The number of methoxy groups -OCH3 is 1. The summed E-state index contributed by atoms with van der Waals surface area (Å²) in [6, 6.07) is 11.1. The van der Waals surface area contributed by atoms with E-state index in [4.69, 9.17) is 25.3 Å². The molecule has 0 spiro atoms. The lowest BCUT2D eigenvalue weighted by Gasteiger charge is -2.07. The quantitative estimate of drug-likeness (QED) is 0.482. The van der Waals surface area contributed by atoms with Crippen LogP contribution in [0.3, 0.4) is 0 Å². The Morgan fingerprint density at radius 1 is 1.09 bits per heavy atom. The SMILES string of the molecule is COCCOC(=O)c1ccc(NC(C#N)=C(C#N)C#N)cc1. The highest BCUT2D eigenvalue weighted by molar-refractivity contribution is 5.89. The molecule has 0 heterocycles. The van der Waals surface area contributed by atoms with E-state index >= 15 is 0 Å². The van der Waals surface area contributed by atoms with Gasteiger partial charge in [0.05, 0.1) is 12.2 Å². The minimum Gasteiger partial charge on any atom is -0.460 e. The van der Waals surface area contributed by atoms with Gasteiger partial charge in [0.15, 0.2) is 5.57 Å². The van der Waals surface area contributed by atoms with E-state index in [2.05, 4.69) is 5.32 Å². The van der Waals surface area contributed by atoms with Crippen LogP contribution >= 0.6 is 0 Å². The first-order valence-corrected chi connectivity index (χ1v) is 6.14. The van der Waals surface area contributed by atoms with Crippen LogP contribution in [0.4, 0.5) is 5.69 Å². The van der Waals surface area contributed by atoms with Crippen LogP contribution in [0, 0.1) is 34.0 Å². The Bertz CT molecular complexity index is 671. The maximum atomic E-state index is 11.7. The molecule has 0 saturated heterocycles. The van der Waals surface area contributed by atoms with Gasteiger partial charge in [0.1, 0.15) is 30.5 Å². The Balaban J connectivity index is 2.80. The third-order valence-electron chi connectivity index (χ3n) is 2.50. The predicted molar refractivity (Wildman–Crippen MR) is 76.1 cm³/mol. The maximum absolute atomic E-state index is 11.7. The molecule has 1 aromatic rings. The zero-order valence-corrected chi connectivity index (χ0v) is 11.8. The Hall–Kier alpha value is -3.34. The number of nitrogens with one attached hydrogen (secondary N) is 1. The molecule has 0 amide bonds. The number of esters is 1. The standard InChI is InChI=1S/C15H12N4O3/c1-21-6-7-22-15(20)11-2-4-13(5-3-11)19-14(10-18)12(8-16)9-17/h2-5,19H,6-7H2,1H3. The molecule has 0 saturated carbocycles. The van der Waals surface area contributed by atoms with Gasteiger partial charge in [-0.1, -0.05) is 0 Å². The zero-order valence-electron chi connectivity index (χ0n) is 11.8. The third-order valence-corrected chi connectivity index (χ3v) is 2.50. The Kier molecular flexibility index (Phi) is 6.65. The summed E-state index contributed by atoms with van der Waals surface area (Å²) in [5.41, 5.74) is 0.337. The van der Waals surface area contributed by atoms with E-state index in [0.717, 1.165) is 0 Å². The van der Waals surface area contributed by atoms with Gasteiger partial charge in [-0.15, -0.1) is 0 Å². The first-order chi connectivity index (χ1) is 10.7. The molecule has 0 atom stereocenters. The van der Waals surface area contributed by atoms with Crippen molar-refractivity contribution >= 4 is 11.7 Å². The number of benzene rings is 1. The Morgan fingerprint density at radius 3 is 2.23 bits per heavy atom. The smallest absolute Gasteiger partial charge is 0.338 e. The Morgan fingerprint density at radius 2 is 1.73 bits per heavy atom. The fourth-order valence-corrected chi connectivity index (χ4v) is 1.42. The van der Waals surface area contributed by atoms with Gasteiger partial charge in [0, 0.05) is 12.8 Å². The number of hydrogen-bond acceptors (Lipinski definition) is 7. The molecule has 0 radical (unpaired) electrons. The molecule has 0 bridgehead atoms. The van der Waals surface area contributed by atoms with Crippen LogP contribution in [0.15, 0.2) is 35.5 Å². The number of nitriles is 3. The molecule has 0 fully saturated rings. The summed E-state index contributed by atoms with van der Waals surface area (Å²) in [5, 5.41) is 29.0. The first-order valence-electron chi connectivity index (χ1n) is 6.14. The molecule has 0 aliphatic carbocycles. The van der Waals surface area contributed by atoms with Crippen molar-refractivity contribution in [2.45, 2.75) is 0 Å². The molecular formula is C15H12N4O3. The number of ether oxygens (including phenoxy) is 2. The van der Waals surface area contributed by atoms with E-state index in [9.17, 15) is 4.79 Å². The number of carbonyl (C=O) groups excluding carboxylic acids is 1. The van der Waals surface area contributed by atoms with E-state index in [-0.39, 0.29) is 17.9 Å². The van der Waals surface area contributed by atoms with Gasteiger partial charge in [-0.25, -0.2) is 4.79 Å². The molecule has 110 valence electrons. The van der Waals surface area contributed by atoms with Gasteiger partial charge in [-0.05, 0) is 24.3 Å². The molecule has 1 N–H and O–H groups in total. The average molecular weight is 296 g/mol. The largest absolute Gasteiger partial charge is 0.460 e. The van der Waals surface area contributed by atoms with E-state index in [1.54, 1.807) is 18.2 Å². The predicted octanol–water partition coefficient (Wildman–Crippen LogP) is 1.73. The lowest BCUT2D eigenvalue weighted by molar-refractivity contribution is 0.0388. The van der Waals surface area contributed by atoms with Gasteiger partial charge >= 0.3 is 5.97 Å². The van der Waals surface area contributed by atoms with Crippen molar-refractivity contribution in [3.63, 3.8) is 0 Å². The molecule has 0 aliphatic rings. The zero-order chi connectivity index (χ0) is 16.4. The third kappa shape index (κ3) is 4.64. The molecule has 22 heavy (non-hydrogen) atoms. The summed E-state index contributed by atoms with van der Waals surface area (Å²) >= 11 is 0. The van der Waals surface area contributed by atoms with Crippen LogP contribution in [0.1, 0.15) is 10.4 Å². The van der Waals surface area contributed by atoms with Crippen LogP contribution in [-0.4, -0.2) is 26.3 Å². The summed E-state index contributed by atoms with van der Waals surface area (Å²) in [6.45, 7) is 0.469. The van der Waals surface area contributed by atoms with Crippen LogP contribution in [0.5, 0.6) is 0 Å². The molecular weight excluding hydrogens is 284 g/mol. The molecule has 0 aliphatic heterocycles. The van der Waals surface area contributed by atoms with Crippen molar-refractivity contribution in [1.82, 2.24) is 0 Å². The van der Waals surface area contributed by atoms with Gasteiger partial charge < -0.3 is 14.8 Å². The highest BCUT2D eigenvalue weighted by Gasteiger charge is 2.09. The van der Waals surface area contributed by atoms with Crippen molar-refractivity contribution < 1.29 is 14.3 Å². The molecule has 1 aromatic carbocycles. The molecule has 1 rings (SSSR count). The van der Waals surface area contributed by atoms with Gasteiger partial charge in [-0.3, -0.25) is 0 Å². The van der Waals surface area contributed by atoms with Gasteiger partial charge in [-0.2, -0.15) is 15.8 Å². The maximum Gasteiger partial charge on any atom is 0.338 e. The second kappa shape index (κ2) is 8.76. The van der Waals surface area contributed by atoms with E-state index < -0.39 is 5.97 Å². The number of hydrogen-bond donors (Lipinski definition) is 1. The lowest BCUT2D eigenvalue weighted by atomic mass is 10.2. The second-order valence-electron chi connectivity index (χ2n) is 3.92. The van der Waals surface area contributed by atoms with Gasteiger partial charge in [0.25, 0.3) is 0 Å². The topological polar surface area (TPSA) is 119 Å². The fourth-order valence-electron chi connectivity index (χ4n) is 1.42. The van der Waals surface area contributed by atoms with Crippen LogP contribution in [-0.2, 0) is 9.47 Å². The van der Waals surface area contributed by atoms with Crippen LogP contribution in [0.2, 0.25) is 0 Å². The summed E-state index contributed by atoms with van der Waals surface area (Å²) in [5.74, 6) is -0.491. The van der Waals surface area contributed by atoms with Crippen LogP contribution in [0.25, 0.3) is 0 Å². The van der Waals surface area contributed by atoms with E-state index in [1.807, 2.05) is 0 Å². The van der Waals surface area contributed by atoms with Gasteiger partial charge in [0.2, 0.25) is 0 Å². The van der Waals surface area contributed by atoms with Crippen molar-refractivity contribution in [2.75, 3.05) is 25.6 Å².